The second kappa shape index (κ2) is 12.0. The van der Waals surface area contributed by atoms with Gasteiger partial charge in [-0.25, -0.2) is 0 Å². The van der Waals surface area contributed by atoms with Crippen LogP contribution in [-0.4, -0.2) is 0 Å². The molecule has 0 atom stereocenters. The lowest BCUT2D eigenvalue weighted by Crippen LogP contribution is -2.11. The maximum atomic E-state index is 2.38. The number of fused-ring (bicyclic) bond motifs is 5. The van der Waals surface area contributed by atoms with Gasteiger partial charge in [0.25, 0.3) is 0 Å². The van der Waals surface area contributed by atoms with Crippen molar-refractivity contribution in [3.63, 3.8) is 0 Å². The Morgan fingerprint density at radius 3 is 1.77 bits per heavy atom. The van der Waals surface area contributed by atoms with Crippen LogP contribution in [0.25, 0.3) is 64.3 Å². The molecule has 1 heterocycles. The van der Waals surface area contributed by atoms with Crippen molar-refractivity contribution < 1.29 is 0 Å². The Morgan fingerprint density at radius 2 is 1.00 bits per heavy atom. The van der Waals surface area contributed by atoms with Crippen LogP contribution in [0.4, 0.5) is 17.1 Å². The van der Waals surface area contributed by atoms with Crippen LogP contribution < -0.4 is 4.90 Å². The first-order chi connectivity index (χ1) is 23.8. The molecule has 0 bridgehead atoms. The minimum Gasteiger partial charge on any atom is -0.310 e. The van der Waals surface area contributed by atoms with E-state index in [1.165, 1.54) is 64.3 Å². The molecule has 0 aliphatic heterocycles. The van der Waals surface area contributed by atoms with E-state index in [4.69, 9.17) is 0 Å². The third-order valence-electron chi connectivity index (χ3n) is 9.27. The summed E-state index contributed by atoms with van der Waals surface area (Å²) in [7, 11) is 0. The van der Waals surface area contributed by atoms with Crippen molar-refractivity contribution in [2.75, 3.05) is 4.90 Å². The van der Waals surface area contributed by atoms with E-state index < -0.39 is 0 Å². The van der Waals surface area contributed by atoms with Crippen LogP contribution >= 0.6 is 11.3 Å². The van der Waals surface area contributed by atoms with Gasteiger partial charge in [0.15, 0.2) is 0 Å². The molecule has 48 heavy (non-hydrogen) atoms. The molecule has 9 rings (SSSR count). The summed E-state index contributed by atoms with van der Waals surface area (Å²) in [5.41, 5.74) is 10.6. The van der Waals surface area contributed by atoms with Gasteiger partial charge in [-0.15, -0.1) is 11.3 Å². The summed E-state index contributed by atoms with van der Waals surface area (Å²) in [6.45, 7) is 0. The first kappa shape index (κ1) is 28.3. The molecular formula is C46H31NS. The number of hydrogen-bond acceptors (Lipinski definition) is 2. The summed E-state index contributed by atoms with van der Waals surface area (Å²) in [6, 6.07) is 68.0. The summed E-state index contributed by atoms with van der Waals surface area (Å²) in [6.07, 6.45) is 0. The van der Waals surface area contributed by atoms with Crippen molar-refractivity contribution in [3.05, 3.63) is 188 Å². The Hall–Kier alpha value is -5.96. The van der Waals surface area contributed by atoms with Crippen molar-refractivity contribution in [2.45, 2.75) is 0 Å². The molecule has 0 N–H and O–H groups in total. The molecule has 0 aliphatic rings. The standard InChI is InChI=1S/C46H31NS/c1-4-13-32(14-5-1)36-26-30-43(42(31-36)33-15-6-2-7-16-33)47(37-18-8-3-9-19-37)38-27-23-35(24-28-38)39-21-12-22-44-45(39)41-29-25-34-17-10-11-20-40(34)46(41)48-44/h1-31H. The van der Waals surface area contributed by atoms with Gasteiger partial charge in [0.1, 0.15) is 0 Å². The van der Waals surface area contributed by atoms with E-state index in [1.54, 1.807) is 0 Å². The van der Waals surface area contributed by atoms with E-state index in [2.05, 4.69) is 193 Å². The first-order valence-electron chi connectivity index (χ1n) is 16.4. The molecule has 0 amide bonds. The van der Waals surface area contributed by atoms with Crippen LogP contribution in [0, 0.1) is 0 Å². The van der Waals surface area contributed by atoms with Crippen LogP contribution in [0.15, 0.2) is 188 Å². The van der Waals surface area contributed by atoms with E-state index in [0.717, 1.165) is 17.1 Å². The average Bonchev–Trinajstić information content (AvgIpc) is 3.56. The van der Waals surface area contributed by atoms with Crippen LogP contribution in [0.5, 0.6) is 0 Å². The molecule has 1 aromatic heterocycles. The fraction of sp³-hybridized carbons (Fsp3) is 0. The van der Waals surface area contributed by atoms with Crippen LogP contribution in [0.1, 0.15) is 0 Å². The topological polar surface area (TPSA) is 3.24 Å². The molecule has 0 radical (unpaired) electrons. The van der Waals surface area contributed by atoms with Crippen molar-refractivity contribution in [2.24, 2.45) is 0 Å². The molecule has 9 aromatic rings. The number of anilines is 3. The van der Waals surface area contributed by atoms with E-state index >= 15 is 0 Å². The molecule has 0 unspecified atom stereocenters. The number of thiophene rings is 1. The highest BCUT2D eigenvalue weighted by molar-refractivity contribution is 7.26. The van der Waals surface area contributed by atoms with E-state index in [1.807, 2.05) is 11.3 Å². The zero-order valence-electron chi connectivity index (χ0n) is 26.3. The molecule has 0 aliphatic carbocycles. The van der Waals surface area contributed by atoms with E-state index in [0.29, 0.717) is 0 Å². The second-order valence-electron chi connectivity index (χ2n) is 12.1. The maximum Gasteiger partial charge on any atom is 0.0540 e. The summed E-state index contributed by atoms with van der Waals surface area (Å²) in [5, 5.41) is 5.27. The van der Waals surface area contributed by atoms with Gasteiger partial charge in [-0.05, 0) is 81.1 Å². The van der Waals surface area contributed by atoms with Crippen molar-refractivity contribution in [3.8, 4) is 33.4 Å². The van der Waals surface area contributed by atoms with Crippen molar-refractivity contribution >= 4 is 59.3 Å². The zero-order valence-corrected chi connectivity index (χ0v) is 27.1. The summed E-state index contributed by atoms with van der Waals surface area (Å²) >= 11 is 1.89. The zero-order chi connectivity index (χ0) is 31.9. The third-order valence-corrected chi connectivity index (χ3v) is 10.5. The predicted molar refractivity (Wildman–Crippen MR) is 208 cm³/mol. The van der Waals surface area contributed by atoms with Gasteiger partial charge in [0, 0.05) is 37.1 Å². The molecular weight excluding hydrogens is 599 g/mol. The van der Waals surface area contributed by atoms with Crippen LogP contribution in [0.2, 0.25) is 0 Å². The molecule has 8 aromatic carbocycles. The van der Waals surface area contributed by atoms with Gasteiger partial charge >= 0.3 is 0 Å². The third kappa shape index (κ3) is 4.95. The second-order valence-corrected chi connectivity index (χ2v) is 13.2. The normalized spacial score (nSPS) is 11.3. The van der Waals surface area contributed by atoms with E-state index in [-0.39, 0.29) is 0 Å². The van der Waals surface area contributed by atoms with Crippen LogP contribution in [-0.2, 0) is 0 Å². The maximum absolute atomic E-state index is 2.38. The molecule has 0 saturated carbocycles. The largest absolute Gasteiger partial charge is 0.310 e. The highest BCUT2D eigenvalue weighted by Gasteiger charge is 2.19. The Bertz CT molecular complexity index is 2530. The minimum atomic E-state index is 1.11. The number of hydrogen-bond donors (Lipinski definition) is 0. The lowest BCUT2D eigenvalue weighted by Gasteiger charge is -2.28. The Kier molecular flexibility index (Phi) is 7.07. The monoisotopic (exact) mass is 629 g/mol. The molecule has 226 valence electrons. The van der Waals surface area contributed by atoms with Gasteiger partial charge in [-0.2, -0.15) is 0 Å². The highest BCUT2D eigenvalue weighted by atomic mass is 32.1. The fourth-order valence-corrected chi connectivity index (χ4v) is 8.24. The summed E-state index contributed by atoms with van der Waals surface area (Å²) < 4.78 is 2.68. The molecule has 0 spiro atoms. The SMILES string of the molecule is c1ccc(-c2ccc(N(c3ccccc3)c3ccc(-c4cccc5sc6c7ccccc7ccc6c45)cc3)c(-c3ccccc3)c2)cc1. The molecule has 0 fully saturated rings. The minimum absolute atomic E-state index is 1.11. The number of rotatable bonds is 6. The fourth-order valence-electron chi connectivity index (χ4n) is 6.98. The number of para-hydroxylation sites is 1. The molecule has 0 saturated heterocycles. The smallest absolute Gasteiger partial charge is 0.0540 e. The van der Waals surface area contributed by atoms with Gasteiger partial charge in [0.05, 0.1) is 5.69 Å². The average molecular weight is 630 g/mol. The summed E-state index contributed by atoms with van der Waals surface area (Å²) in [4.78, 5) is 2.38. The van der Waals surface area contributed by atoms with Gasteiger partial charge in [0.2, 0.25) is 0 Å². The van der Waals surface area contributed by atoms with Gasteiger partial charge in [-0.3, -0.25) is 0 Å². The van der Waals surface area contributed by atoms with Crippen LogP contribution in [0.3, 0.4) is 0 Å². The van der Waals surface area contributed by atoms with Gasteiger partial charge in [-0.1, -0.05) is 146 Å². The molecule has 1 nitrogen and oxygen atoms in total. The Labute approximate surface area is 284 Å². The molecule has 2 heteroatoms. The number of benzene rings is 8. The van der Waals surface area contributed by atoms with E-state index in [9.17, 15) is 0 Å². The predicted octanol–water partition coefficient (Wildman–Crippen LogP) is 13.7. The lowest BCUT2D eigenvalue weighted by molar-refractivity contribution is 1.28. The quantitative estimate of drug-likeness (QED) is 0.177. The number of nitrogens with zero attached hydrogens (tertiary/aromatic N) is 1. The lowest BCUT2D eigenvalue weighted by atomic mass is 9.95. The van der Waals surface area contributed by atoms with Gasteiger partial charge < -0.3 is 4.90 Å². The Morgan fingerprint density at radius 1 is 0.375 bits per heavy atom. The van der Waals surface area contributed by atoms with Crippen molar-refractivity contribution in [1.82, 2.24) is 0 Å². The Balaban J connectivity index is 1.19. The highest BCUT2D eigenvalue weighted by Crippen LogP contribution is 2.45. The first-order valence-corrected chi connectivity index (χ1v) is 17.2. The van der Waals surface area contributed by atoms with Crippen molar-refractivity contribution in [1.29, 1.82) is 0 Å². The summed E-state index contributed by atoms with van der Waals surface area (Å²) in [5.74, 6) is 0.